The normalized spacial score (nSPS) is 17.0. The molecule has 7 heteroatoms. The van der Waals surface area contributed by atoms with Crippen LogP contribution in [0.25, 0.3) is 0 Å². The van der Waals surface area contributed by atoms with E-state index in [0.717, 1.165) is 64.4 Å². The average molecular weight is 439 g/mol. The van der Waals surface area contributed by atoms with Crippen molar-refractivity contribution in [3.8, 4) is 0 Å². The first-order chi connectivity index (χ1) is 10.5. The van der Waals surface area contributed by atoms with Crippen LogP contribution in [0.4, 0.5) is 0 Å². The minimum absolute atomic E-state index is 0. The van der Waals surface area contributed by atoms with Gasteiger partial charge in [-0.15, -0.1) is 24.0 Å². The van der Waals surface area contributed by atoms with E-state index in [4.69, 9.17) is 5.73 Å². The molecule has 4 N–H and O–H groups in total. The molecule has 0 aromatic rings. The van der Waals surface area contributed by atoms with Crippen LogP contribution in [0.15, 0.2) is 4.99 Å². The molecule has 1 amide bonds. The molecular weight excluding hydrogens is 405 g/mol. The third-order valence-electron chi connectivity index (χ3n) is 4.08. The summed E-state index contributed by atoms with van der Waals surface area (Å²) in [5, 5.41) is 6.65. The molecule has 136 valence electrons. The average Bonchev–Trinajstić information content (AvgIpc) is 2.50. The van der Waals surface area contributed by atoms with Crippen molar-refractivity contribution in [3.63, 3.8) is 0 Å². The van der Waals surface area contributed by atoms with Gasteiger partial charge in [-0.2, -0.15) is 0 Å². The van der Waals surface area contributed by atoms with Gasteiger partial charge < -0.3 is 21.3 Å². The van der Waals surface area contributed by atoms with Crippen molar-refractivity contribution in [3.05, 3.63) is 0 Å². The summed E-state index contributed by atoms with van der Waals surface area (Å²) < 4.78 is 0. The molecule has 1 rings (SSSR count). The van der Waals surface area contributed by atoms with Crippen molar-refractivity contribution in [2.45, 2.75) is 39.5 Å². The Labute approximate surface area is 158 Å². The van der Waals surface area contributed by atoms with Gasteiger partial charge in [0.05, 0.1) is 0 Å². The Bertz CT molecular complexity index is 354. The number of aliphatic imine (C=N–C) groups is 1. The van der Waals surface area contributed by atoms with Crippen LogP contribution in [0, 0.1) is 11.8 Å². The summed E-state index contributed by atoms with van der Waals surface area (Å²) in [6.45, 7) is 9.34. The predicted octanol–water partition coefficient (Wildman–Crippen LogP) is 1.40. The van der Waals surface area contributed by atoms with Crippen LogP contribution in [-0.2, 0) is 4.79 Å². The largest absolute Gasteiger partial charge is 0.369 e. The maximum atomic E-state index is 11.1. The molecule has 1 aliphatic heterocycles. The van der Waals surface area contributed by atoms with Crippen LogP contribution in [0.3, 0.4) is 0 Å². The molecular formula is C16H34IN5O. The van der Waals surface area contributed by atoms with Gasteiger partial charge in [0.2, 0.25) is 5.91 Å². The first-order valence-electron chi connectivity index (χ1n) is 8.49. The second-order valence-electron chi connectivity index (χ2n) is 6.50. The number of nitrogens with zero attached hydrogens (tertiary/aromatic N) is 2. The molecule has 0 spiro atoms. The summed E-state index contributed by atoms with van der Waals surface area (Å²) in [7, 11) is 1.80. The van der Waals surface area contributed by atoms with E-state index >= 15 is 0 Å². The van der Waals surface area contributed by atoms with Crippen LogP contribution < -0.4 is 16.4 Å². The zero-order valence-electron chi connectivity index (χ0n) is 14.8. The third kappa shape index (κ3) is 10.0. The summed E-state index contributed by atoms with van der Waals surface area (Å²) >= 11 is 0. The van der Waals surface area contributed by atoms with Crippen LogP contribution in [0.1, 0.15) is 39.5 Å². The minimum Gasteiger partial charge on any atom is -0.369 e. The van der Waals surface area contributed by atoms with Crippen LogP contribution >= 0.6 is 24.0 Å². The van der Waals surface area contributed by atoms with E-state index in [1.807, 2.05) is 0 Å². The molecule has 1 saturated heterocycles. The summed E-state index contributed by atoms with van der Waals surface area (Å²) in [6, 6.07) is 0. The quantitative estimate of drug-likeness (QED) is 0.231. The summed E-state index contributed by atoms with van der Waals surface area (Å²) in [6.07, 6.45) is 4.12. The highest BCUT2D eigenvalue weighted by atomic mass is 127. The molecule has 0 aromatic carbocycles. The number of unbranched alkanes of at least 4 members (excludes halogenated alkanes) is 1. The van der Waals surface area contributed by atoms with E-state index in [0.29, 0.717) is 5.92 Å². The number of amides is 1. The van der Waals surface area contributed by atoms with Gasteiger partial charge in [-0.1, -0.05) is 13.8 Å². The van der Waals surface area contributed by atoms with Crippen molar-refractivity contribution in [1.29, 1.82) is 0 Å². The molecule has 6 nitrogen and oxygen atoms in total. The topological polar surface area (TPSA) is 82.8 Å². The number of hydrogen-bond acceptors (Lipinski definition) is 3. The van der Waals surface area contributed by atoms with Crippen molar-refractivity contribution in [2.75, 3.05) is 39.8 Å². The van der Waals surface area contributed by atoms with E-state index in [1.54, 1.807) is 7.05 Å². The molecule has 0 atom stereocenters. The van der Waals surface area contributed by atoms with Crippen molar-refractivity contribution < 1.29 is 4.79 Å². The van der Waals surface area contributed by atoms with Crippen LogP contribution in [0.2, 0.25) is 0 Å². The number of likely N-dealkylation sites (tertiary alicyclic amines) is 1. The Morgan fingerprint density at radius 1 is 1.26 bits per heavy atom. The fourth-order valence-corrected chi connectivity index (χ4v) is 2.63. The number of rotatable bonds is 8. The number of primary amides is 1. The van der Waals surface area contributed by atoms with Gasteiger partial charge in [-0.25, -0.2) is 0 Å². The van der Waals surface area contributed by atoms with Gasteiger partial charge in [-0.05, 0) is 51.2 Å². The molecule has 1 fully saturated rings. The Balaban J connectivity index is 0.00000484. The summed E-state index contributed by atoms with van der Waals surface area (Å²) in [5.74, 6) is 1.45. The monoisotopic (exact) mass is 439 g/mol. The fraction of sp³-hybridized carbons (Fsp3) is 0.875. The van der Waals surface area contributed by atoms with Gasteiger partial charge in [0.25, 0.3) is 0 Å². The predicted molar refractivity (Wildman–Crippen MR) is 107 cm³/mol. The molecule has 0 radical (unpaired) electrons. The van der Waals surface area contributed by atoms with Gasteiger partial charge >= 0.3 is 0 Å². The van der Waals surface area contributed by atoms with E-state index in [2.05, 4.69) is 34.4 Å². The molecule has 0 aliphatic carbocycles. The molecule has 0 bridgehead atoms. The van der Waals surface area contributed by atoms with Gasteiger partial charge in [0, 0.05) is 26.1 Å². The number of carbonyl (C=O) groups excluding carboxylic acids is 1. The second-order valence-corrected chi connectivity index (χ2v) is 6.50. The Kier molecular flexibility index (Phi) is 12.5. The maximum absolute atomic E-state index is 11.1. The lowest BCUT2D eigenvalue weighted by Gasteiger charge is -2.30. The SMILES string of the molecule is CN=C(NCCCCN1CCC(C(N)=O)CC1)NCC(C)C.I. The summed E-state index contributed by atoms with van der Waals surface area (Å²) in [4.78, 5) is 17.8. The number of piperidine rings is 1. The molecule has 1 aliphatic rings. The van der Waals surface area contributed by atoms with E-state index in [1.165, 1.54) is 0 Å². The lowest BCUT2D eigenvalue weighted by molar-refractivity contribution is -0.123. The van der Waals surface area contributed by atoms with Gasteiger partial charge in [0.1, 0.15) is 0 Å². The van der Waals surface area contributed by atoms with Crippen molar-refractivity contribution in [1.82, 2.24) is 15.5 Å². The van der Waals surface area contributed by atoms with Crippen molar-refractivity contribution >= 4 is 35.8 Å². The smallest absolute Gasteiger partial charge is 0.220 e. The fourth-order valence-electron chi connectivity index (χ4n) is 2.63. The highest BCUT2D eigenvalue weighted by Gasteiger charge is 2.22. The first kappa shape index (κ1) is 22.4. The third-order valence-corrected chi connectivity index (χ3v) is 4.08. The Hall–Kier alpha value is -0.570. The Morgan fingerprint density at radius 2 is 1.91 bits per heavy atom. The molecule has 0 aromatic heterocycles. The number of guanidine groups is 1. The molecule has 0 unspecified atom stereocenters. The van der Waals surface area contributed by atoms with E-state index in [-0.39, 0.29) is 35.8 Å². The maximum Gasteiger partial charge on any atom is 0.220 e. The number of nitrogens with one attached hydrogen (secondary N) is 2. The first-order valence-corrected chi connectivity index (χ1v) is 8.49. The zero-order chi connectivity index (χ0) is 16.4. The van der Waals surface area contributed by atoms with Gasteiger partial charge in [0.15, 0.2) is 5.96 Å². The molecule has 23 heavy (non-hydrogen) atoms. The number of carbonyl (C=O) groups is 1. The van der Waals surface area contributed by atoms with Crippen molar-refractivity contribution in [2.24, 2.45) is 22.6 Å². The van der Waals surface area contributed by atoms with Gasteiger partial charge in [-0.3, -0.25) is 9.79 Å². The summed E-state index contributed by atoms with van der Waals surface area (Å²) in [5.41, 5.74) is 5.35. The van der Waals surface area contributed by atoms with Crippen LogP contribution in [0.5, 0.6) is 0 Å². The lowest BCUT2D eigenvalue weighted by atomic mass is 9.96. The van der Waals surface area contributed by atoms with E-state index < -0.39 is 0 Å². The highest BCUT2D eigenvalue weighted by molar-refractivity contribution is 14.0. The zero-order valence-corrected chi connectivity index (χ0v) is 17.1. The lowest BCUT2D eigenvalue weighted by Crippen LogP contribution is -2.40. The molecule has 0 saturated carbocycles. The Morgan fingerprint density at radius 3 is 2.43 bits per heavy atom. The highest BCUT2D eigenvalue weighted by Crippen LogP contribution is 2.16. The van der Waals surface area contributed by atoms with E-state index in [9.17, 15) is 4.79 Å². The van der Waals surface area contributed by atoms with Crippen LogP contribution in [-0.4, -0.2) is 56.5 Å². The second kappa shape index (κ2) is 12.8. The standard InChI is InChI=1S/C16H33N5O.HI/c1-13(2)12-20-16(18-3)19-8-4-5-9-21-10-6-14(7-11-21)15(17)22;/h13-14H,4-12H2,1-3H3,(H2,17,22)(H2,18,19,20);1H. The number of hydrogen-bond donors (Lipinski definition) is 3. The molecule has 1 heterocycles. The minimum atomic E-state index is -0.135. The number of nitrogens with two attached hydrogens (primary N) is 1. The number of halogens is 1.